The third-order valence-corrected chi connectivity index (χ3v) is 8.92. The molecule has 214 valence electrons. The van der Waals surface area contributed by atoms with Gasteiger partial charge in [0.1, 0.15) is 29.1 Å². The molecular formula is C28H26F2N4O6S. The van der Waals surface area contributed by atoms with Gasteiger partial charge in [-0.3, -0.25) is 19.2 Å². The molecule has 2 aromatic carbocycles. The maximum absolute atomic E-state index is 14.0. The Morgan fingerprint density at radius 2 is 1.76 bits per heavy atom. The highest BCUT2D eigenvalue weighted by Crippen LogP contribution is 2.50. The summed E-state index contributed by atoms with van der Waals surface area (Å²) in [5.74, 6) is -5.76. The highest BCUT2D eigenvalue weighted by Gasteiger charge is 2.64. The van der Waals surface area contributed by atoms with Crippen molar-refractivity contribution in [3.63, 3.8) is 0 Å². The van der Waals surface area contributed by atoms with Crippen molar-refractivity contribution < 1.29 is 33.1 Å². The van der Waals surface area contributed by atoms with Gasteiger partial charge in [0.2, 0.25) is 17.2 Å². The zero-order valence-electron chi connectivity index (χ0n) is 22.2. The lowest BCUT2D eigenvalue weighted by atomic mass is 9.95. The molecule has 4 atom stereocenters. The summed E-state index contributed by atoms with van der Waals surface area (Å²) in [5, 5.41) is 14.0. The Balaban J connectivity index is 1.45. The summed E-state index contributed by atoms with van der Waals surface area (Å²) in [7, 11) is 0. The first-order chi connectivity index (χ1) is 19.4. The Labute approximate surface area is 236 Å². The molecule has 2 aliphatic heterocycles. The number of aromatic nitrogens is 1. The van der Waals surface area contributed by atoms with Gasteiger partial charge in [-0.1, -0.05) is 30.3 Å². The fourth-order valence-electron chi connectivity index (χ4n) is 5.34. The van der Waals surface area contributed by atoms with E-state index in [0.717, 1.165) is 12.1 Å². The number of rotatable bonds is 7. The van der Waals surface area contributed by atoms with E-state index < -0.39 is 69.0 Å². The Morgan fingerprint density at radius 1 is 1.10 bits per heavy atom. The summed E-state index contributed by atoms with van der Waals surface area (Å²) < 4.78 is 28.5. The number of nitrogens with one attached hydrogen (secondary N) is 2. The number of aliphatic carboxylic acids is 1. The van der Waals surface area contributed by atoms with Crippen molar-refractivity contribution in [2.24, 2.45) is 0 Å². The van der Waals surface area contributed by atoms with Gasteiger partial charge in [-0.25, -0.2) is 13.6 Å². The van der Waals surface area contributed by atoms with Crippen LogP contribution in [0.4, 0.5) is 8.78 Å². The Kier molecular flexibility index (Phi) is 7.10. The number of amides is 3. The standard InChI is InChI=1S/C28H26F2N4O6S/c1-4-33-12-15(21(35)14-10-16(29)17(30)11-18(14)33)23(36)31-19(13-8-6-5-7-9-13)24(37)32-20-25(38)34-22(27(39)40)28(2,3)41-26(20)34/h5-12,19-20,22,26H,4H2,1-3H3,(H,31,36)(H,32,37)(H,39,40)/t19?,20?,22-,26+/m0/s1. The van der Waals surface area contributed by atoms with Crippen LogP contribution in [0.25, 0.3) is 10.9 Å². The second-order valence-electron chi connectivity index (χ2n) is 10.3. The molecule has 0 spiro atoms. The zero-order chi connectivity index (χ0) is 29.8. The molecule has 10 nitrogen and oxygen atoms in total. The number of hydrogen-bond acceptors (Lipinski definition) is 6. The van der Waals surface area contributed by atoms with Gasteiger partial charge in [0, 0.05) is 28.9 Å². The van der Waals surface area contributed by atoms with E-state index in [9.17, 15) is 37.9 Å². The van der Waals surface area contributed by atoms with E-state index in [1.165, 1.54) is 27.4 Å². The molecule has 5 rings (SSSR count). The fourth-order valence-corrected chi connectivity index (χ4v) is 6.97. The van der Waals surface area contributed by atoms with Crippen LogP contribution in [-0.4, -0.2) is 60.5 Å². The van der Waals surface area contributed by atoms with Crippen molar-refractivity contribution in [1.82, 2.24) is 20.1 Å². The predicted octanol–water partition coefficient (Wildman–Crippen LogP) is 2.40. The van der Waals surface area contributed by atoms with E-state index in [4.69, 9.17) is 0 Å². The van der Waals surface area contributed by atoms with Gasteiger partial charge in [0.15, 0.2) is 11.6 Å². The number of carboxylic acids is 1. The molecule has 3 N–H and O–H groups in total. The van der Waals surface area contributed by atoms with Gasteiger partial charge < -0.3 is 25.2 Å². The molecule has 2 aliphatic rings. The monoisotopic (exact) mass is 584 g/mol. The quantitative estimate of drug-likeness (QED) is 0.363. The SMILES string of the molecule is CCn1cc(C(=O)NC(C(=O)NC2C(=O)N3[C@@H]2SC(C)(C)[C@@H]3C(=O)O)c2ccccc2)c(=O)c2cc(F)c(F)cc21. The summed E-state index contributed by atoms with van der Waals surface area (Å²) in [5.41, 5.74) is -0.769. The highest BCUT2D eigenvalue weighted by atomic mass is 32.2. The normalized spacial score (nSPS) is 21.6. The maximum atomic E-state index is 14.0. The summed E-state index contributed by atoms with van der Waals surface area (Å²) >= 11 is 1.26. The second kappa shape index (κ2) is 10.3. The Hall–Kier alpha value is -4.26. The summed E-state index contributed by atoms with van der Waals surface area (Å²) in [6.07, 6.45) is 1.22. The fraction of sp³-hybridized carbons (Fsp3) is 0.321. The van der Waals surface area contributed by atoms with Crippen molar-refractivity contribution in [1.29, 1.82) is 0 Å². The molecule has 0 saturated carbocycles. The van der Waals surface area contributed by atoms with E-state index >= 15 is 0 Å². The molecule has 3 aromatic rings. The van der Waals surface area contributed by atoms with E-state index in [2.05, 4.69) is 10.6 Å². The number of β-lactam (4-membered cyclic amide) rings is 1. The molecule has 2 saturated heterocycles. The molecule has 2 unspecified atom stereocenters. The van der Waals surface area contributed by atoms with Gasteiger partial charge >= 0.3 is 5.97 Å². The van der Waals surface area contributed by atoms with Crippen LogP contribution in [0.5, 0.6) is 0 Å². The number of thioether (sulfide) groups is 1. The zero-order valence-corrected chi connectivity index (χ0v) is 23.0. The first kappa shape index (κ1) is 28.3. The van der Waals surface area contributed by atoms with Gasteiger partial charge in [-0.2, -0.15) is 0 Å². The van der Waals surface area contributed by atoms with Crippen LogP contribution in [-0.2, 0) is 20.9 Å². The molecule has 0 radical (unpaired) electrons. The van der Waals surface area contributed by atoms with Crippen molar-refractivity contribution in [3.05, 3.63) is 81.6 Å². The van der Waals surface area contributed by atoms with Crippen molar-refractivity contribution in [3.8, 4) is 0 Å². The van der Waals surface area contributed by atoms with Crippen LogP contribution in [0.2, 0.25) is 0 Å². The number of fused-ring (bicyclic) bond motifs is 2. The predicted molar refractivity (Wildman–Crippen MR) is 146 cm³/mol. The number of hydrogen-bond donors (Lipinski definition) is 3. The van der Waals surface area contributed by atoms with Crippen molar-refractivity contribution in [2.75, 3.05) is 0 Å². The number of halogens is 2. The smallest absolute Gasteiger partial charge is 0.327 e. The van der Waals surface area contributed by atoms with Crippen molar-refractivity contribution >= 4 is 46.4 Å². The summed E-state index contributed by atoms with van der Waals surface area (Å²) in [6, 6.07) is 6.34. The van der Waals surface area contributed by atoms with E-state index in [-0.39, 0.29) is 23.0 Å². The van der Waals surface area contributed by atoms with Gasteiger partial charge in [-0.05, 0) is 32.4 Å². The minimum absolute atomic E-state index is 0.106. The first-order valence-corrected chi connectivity index (χ1v) is 13.6. The minimum Gasteiger partial charge on any atom is -0.480 e. The number of carbonyl (C=O) groups excluding carboxylic acids is 3. The number of aryl methyl sites for hydroxylation is 1. The van der Waals surface area contributed by atoms with E-state index in [1.807, 2.05) is 0 Å². The molecule has 13 heteroatoms. The molecule has 3 heterocycles. The molecule has 41 heavy (non-hydrogen) atoms. The Morgan fingerprint density at radius 3 is 2.39 bits per heavy atom. The number of benzene rings is 2. The lowest BCUT2D eigenvalue weighted by Gasteiger charge is -2.44. The van der Waals surface area contributed by atoms with Crippen LogP contribution < -0.4 is 16.1 Å². The third kappa shape index (κ3) is 4.73. The van der Waals surface area contributed by atoms with Crippen LogP contribution in [0.3, 0.4) is 0 Å². The molecular weight excluding hydrogens is 558 g/mol. The largest absolute Gasteiger partial charge is 0.480 e. The van der Waals surface area contributed by atoms with Crippen LogP contribution in [0, 0.1) is 11.6 Å². The number of carbonyl (C=O) groups is 4. The minimum atomic E-state index is -1.34. The summed E-state index contributed by atoms with van der Waals surface area (Å²) in [4.78, 5) is 66.1. The second-order valence-corrected chi connectivity index (χ2v) is 12.1. The van der Waals surface area contributed by atoms with Crippen molar-refractivity contribution in [2.45, 2.75) is 55.6 Å². The lowest BCUT2D eigenvalue weighted by molar-refractivity contribution is -0.161. The van der Waals surface area contributed by atoms with Gasteiger partial charge in [-0.15, -0.1) is 11.8 Å². The average Bonchev–Trinajstić information content (AvgIpc) is 3.19. The van der Waals surface area contributed by atoms with Gasteiger partial charge in [0.25, 0.3) is 5.91 Å². The van der Waals surface area contributed by atoms with Crippen LogP contribution in [0.15, 0.2) is 53.5 Å². The number of pyridine rings is 1. The van der Waals surface area contributed by atoms with E-state index in [1.54, 1.807) is 51.1 Å². The van der Waals surface area contributed by atoms with E-state index in [0.29, 0.717) is 5.56 Å². The molecule has 0 bridgehead atoms. The van der Waals surface area contributed by atoms with Gasteiger partial charge in [0.05, 0.1) is 5.52 Å². The number of carboxylic acid groups (broad SMARTS) is 1. The van der Waals surface area contributed by atoms with Crippen LogP contribution >= 0.6 is 11.8 Å². The van der Waals surface area contributed by atoms with Crippen LogP contribution in [0.1, 0.15) is 42.7 Å². The molecule has 0 aliphatic carbocycles. The first-order valence-electron chi connectivity index (χ1n) is 12.8. The average molecular weight is 585 g/mol. The molecule has 2 fully saturated rings. The lowest BCUT2D eigenvalue weighted by Crippen LogP contribution is -2.71. The highest BCUT2D eigenvalue weighted by molar-refractivity contribution is 8.01. The maximum Gasteiger partial charge on any atom is 0.327 e. The summed E-state index contributed by atoms with van der Waals surface area (Å²) in [6.45, 7) is 5.35. The third-order valence-electron chi connectivity index (χ3n) is 7.35. The molecule has 3 amide bonds. The number of nitrogens with zero attached hydrogens (tertiary/aromatic N) is 2. The topological polar surface area (TPSA) is 138 Å². The molecule has 1 aromatic heterocycles. The Bertz CT molecular complexity index is 1660.